The highest BCUT2D eigenvalue weighted by Crippen LogP contribution is 2.20. The number of benzene rings is 2. The van der Waals surface area contributed by atoms with Crippen LogP contribution in [0.2, 0.25) is 0 Å². The van der Waals surface area contributed by atoms with Crippen LogP contribution in [-0.4, -0.2) is 30.8 Å². The number of nitrogens with one attached hydrogen (secondary N) is 2. The molecule has 150 valence electrons. The largest absolute Gasteiger partial charge is 0.494 e. The molecule has 0 saturated carbocycles. The first kappa shape index (κ1) is 21.7. The summed E-state index contributed by atoms with van der Waals surface area (Å²) in [5.74, 6) is 0.577. The zero-order valence-electron chi connectivity index (χ0n) is 16.7. The molecule has 2 aromatic carbocycles. The number of rotatable bonds is 9. The molecule has 0 unspecified atom stereocenters. The van der Waals surface area contributed by atoms with Crippen molar-refractivity contribution < 1.29 is 14.3 Å². The van der Waals surface area contributed by atoms with Crippen molar-refractivity contribution in [2.75, 3.05) is 25.1 Å². The Labute approximate surface area is 172 Å². The molecule has 0 spiro atoms. The van der Waals surface area contributed by atoms with Crippen molar-refractivity contribution in [3.8, 4) is 5.75 Å². The highest BCUT2D eigenvalue weighted by atomic mass is 32.1. The molecule has 0 aliphatic heterocycles. The quantitative estimate of drug-likeness (QED) is 0.367. The first-order chi connectivity index (χ1) is 13.5. The summed E-state index contributed by atoms with van der Waals surface area (Å²) in [6.07, 6.45) is 1.91. The lowest BCUT2D eigenvalue weighted by atomic mass is 10.1. The minimum absolute atomic E-state index is 0.321. The summed E-state index contributed by atoms with van der Waals surface area (Å²) in [7, 11) is 0. The SMILES string of the molecule is CCOC(=O)c1cccc(NC(=S)NCCCc2ccc(OCC)cc2)c1C. The number of aryl methyl sites for hydroxylation is 1. The number of hydrogen-bond acceptors (Lipinski definition) is 4. The van der Waals surface area contributed by atoms with Crippen LogP contribution >= 0.6 is 12.2 Å². The van der Waals surface area contributed by atoms with Crippen molar-refractivity contribution in [3.63, 3.8) is 0 Å². The van der Waals surface area contributed by atoms with E-state index in [4.69, 9.17) is 21.7 Å². The third-order valence-electron chi connectivity index (χ3n) is 4.24. The van der Waals surface area contributed by atoms with Crippen LogP contribution in [0.15, 0.2) is 42.5 Å². The Hall–Kier alpha value is -2.60. The molecule has 0 heterocycles. The van der Waals surface area contributed by atoms with Crippen LogP contribution in [-0.2, 0) is 11.2 Å². The van der Waals surface area contributed by atoms with Gasteiger partial charge < -0.3 is 20.1 Å². The predicted octanol–water partition coefficient (Wildman–Crippen LogP) is 4.49. The number of carbonyl (C=O) groups excluding carboxylic acids is 1. The number of hydrogen-bond donors (Lipinski definition) is 2. The van der Waals surface area contributed by atoms with Gasteiger partial charge in [-0.1, -0.05) is 18.2 Å². The van der Waals surface area contributed by atoms with Gasteiger partial charge in [-0.2, -0.15) is 0 Å². The van der Waals surface area contributed by atoms with Gasteiger partial charge >= 0.3 is 5.97 Å². The van der Waals surface area contributed by atoms with E-state index in [2.05, 4.69) is 22.8 Å². The number of esters is 1. The summed E-state index contributed by atoms with van der Waals surface area (Å²) >= 11 is 5.38. The van der Waals surface area contributed by atoms with Gasteiger partial charge in [0.05, 0.1) is 18.8 Å². The van der Waals surface area contributed by atoms with E-state index in [-0.39, 0.29) is 5.97 Å². The van der Waals surface area contributed by atoms with Gasteiger partial charge in [0, 0.05) is 12.2 Å². The molecule has 2 N–H and O–H groups in total. The van der Waals surface area contributed by atoms with Gasteiger partial charge in [-0.25, -0.2) is 4.79 Å². The fourth-order valence-electron chi connectivity index (χ4n) is 2.78. The van der Waals surface area contributed by atoms with E-state index in [9.17, 15) is 4.79 Å². The monoisotopic (exact) mass is 400 g/mol. The van der Waals surface area contributed by atoms with Gasteiger partial charge in [-0.05, 0) is 81.2 Å². The number of thiocarbonyl (C=S) groups is 1. The fraction of sp³-hybridized carbons (Fsp3) is 0.364. The molecule has 0 amide bonds. The Morgan fingerprint density at radius 3 is 2.50 bits per heavy atom. The van der Waals surface area contributed by atoms with Crippen LogP contribution in [0, 0.1) is 6.92 Å². The van der Waals surface area contributed by atoms with E-state index in [1.165, 1.54) is 5.56 Å². The number of ether oxygens (including phenoxy) is 2. The van der Waals surface area contributed by atoms with E-state index in [0.29, 0.717) is 23.9 Å². The van der Waals surface area contributed by atoms with Gasteiger partial charge in [-0.3, -0.25) is 0 Å². The maximum Gasteiger partial charge on any atom is 0.338 e. The minimum atomic E-state index is -0.321. The Morgan fingerprint density at radius 1 is 1.07 bits per heavy atom. The summed E-state index contributed by atoms with van der Waals surface area (Å²) in [4.78, 5) is 12.0. The van der Waals surface area contributed by atoms with Crippen LogP contribution in [0.1, 0.15) is 41.8 Å². The van der Waals surface area contributed by atoms with Crippen molar-refractivity contribution in [1.29, 1.82) is 0 Å². The molecule has 0 aliphatic carbocycles. The molecule has 6 heteroatoms. The molecule has 0 aromatic heterocycles. The van der Waals surface area contributed by atoms with Gasteiger partial charge in [0.25, 0.3) is 0 Å². The zero-order chi connectivity index (χ0) is 20.4. The average Bonchev–Trinajstić information content (AvgIpc) is 2.68. The highest BCUT2D eigenvalue weighted by molar-refractivity contribution is 7.80. The normalized spacial score (nSPS) is 10.2. The number of anilines is 1. The smallest absolute Gasteiger partial charge is 0.338 e. The summed E-state index contributed by atoms with van der Waals surface area (Å²) in [6, 6.07) is 13.6. The summed E-state index contributed by atoms with van der Waals surface area (Å²) < 4.78 is 10.5. The molecule has 2 rings (SSSR count). The summed E-state index contributed by atoms with van der Waals surface area (Å²) in [6.45, 7) is 7.44. The molecule has 0 radical (unpaired) electrons. The molecule has 2 aromatic rings. The van der Waals surface area contributed by atoms with Crippen LogP contribution in [0.5, 0.6) is 5.75 Å². The lowest BCUT2D eigenvalue weighted by molar-refractivity contribution is 0.0525. The van der Waals surface area contributed by atoms with Gasteiger partial charge in [0.15, 0.2) is 5.11 Å². The van der Waals surface area contributed by atoms with Gasteiger partial charge in [-0.15, -0.1) is 0 Å². The Kier molecular flexibility index (Phi) is 8.75. The lowest BCUT2D eigenvalue weighted by Crippen LogP contribution is -2.30. The van der Waals surface area contributed by atoms with Crippen molar-refractivity contribution >= 4 is 29.0 Å². The van der Waals surface area contributed by atoms with E-state index >= 15 is 0 Å². The van der Waals surface area contributed by atoms with Crippen molar-refractivity contribution in [1.82, 2.24) is 5.32 Å². The molecule has 0 atom stereocenters. The molecule has 0 fully saturated rings. The second-order valence-corrected chi connectivity index (χ2v) is 6.67. The van der Waals surface area contributed by atoms with E-state index in [1.54, 1.807) is 13.0 Å². The highest BCUT2D eigenvalue weighted by Gasteiger charge is 2.13. The van der Waals surface area contributed by atoms with Crippen LogP contribution < -0.4 is 15.4 Å². The van der Waals surface area contributed by atoms with Crippen molar-refractivity contribution in [2.45, 2.75) is 33.6 Å². The predicted molar refractivity (Wildman–Crippen MR) is 117 cm³/mol. The minimum Gasteiger partial charge on any atom is -0.494 e. The zero-order valence-corrected chi connectivity index (χ0v) is 17.5. The third-order valence-corrected chi connectivity index (χ3v) is 4.49. The summed E-state index contributed by atoms with van der Waals surface area (Å²) in [5.41, 5.74) is 3.43. The van der Waals surface area contributed by atoms with E-state index in [1.807, 2.05) is 38.1 Å². The fourth-order valence-corrected chi connectivity index (χ4v) is 2.99. The maximum absolute atomic E-state index is 12.0. The topological polar surface area (TPSA) is 59.6 Å². The standard InChI is InChI=1S/C22H28N2O3S/c1-4-26-18-13-11-17(12-14-18)8-7-15-23-22(28)24-20-10-6-9-19(16(20)3)21(25)27-5-2/h6,9-14H,4-5,7-8,15H2,1-3H3,(H2,23,24,28). The van der Waals surface area contributed by atoms with E-state index < -0.39 is 0 Å². The number of carbonyl (C=O) groups is 1. The van der Waals surface area contributed by atoms with Crippen molar-refractivity contribution in [3.05, 3.63) is 59.2 Å². The van der Waals surface area contributed by atoms with Gasteiger partial charge in [0.1, 0.15) is 5.75 Å². The lowest BCUT2D eigenvalue weighted by Gasteiger charge is -2.14. The Balaban J connectivity index is 1.79. The molecule has 0 aliphatic rings. The molecular weight excluding hydrogens is 372 g/mol. The first-order valence-electron chi connectivity index (χ1n) is 9.58. The van der Waals surface area contributed by atoms with Crippen LogP contribution in [0.25, 0.3) is 0 Å². The first-order valence-corrected chi connectivity index (χ1v) is 9.99. The maximum atomic E-state index is 12.0. The molecule has 5 nitrogen and oxygen atoms in total. The third kappa shape index (κ3) is 6.53. The average molecular weight is 401 g/mol. The Morgan fingerprint density at radius 2 is 1.82 bits per heavy atom. The Bertz CT molecular complexity index is 791. The van der Waals surface area contributed by atoms with Crippen molar-refractivity contribution in [2.24, 2.45) is 0 Å². The van der Waals surface area contributed by atoms with Gasteiger partial charge in [0.2, 0.25) is 0 Å². The second-order valence-electron chi connectivity index (χ2n) is 6.26. The van der Waals surface area contributed by atoms with Crippen LogP contribution in [0.3, 0.4) is 0 Å². The molecule has 0 saturated heterocycles. The molecular formula is C22H28N2O3S. The van der Waals surface area contributed by atoms with E-state index in [0.717, 1.165) is 36.4 Å². The van der Waals surface area contributed by atoms with Crippen LogP contribution in [0.4, 0.5) is 5.69 Å². The summed E-state index contributed by atoms with van der Waals surface area (Å²) in [5, 5.41) is 6.92. The molecule has 28 heavy (non-hydrogen) atoms. The molecule has 0 bridgehead atoms. The second kappa shape index (κ2) is 11.3.